The van der Waals surface area contributed by atoms with Crippen LogP contribution in [-0.4, -0.2) is 119 Å². The summed E-state index contributed by atoms with van der Waals surface area (Å²) in [5.74, 6) is -3.21. The van der Waals surface area contributed by atoms with Crippen molar-refractivity contribution in [2.24, 2.45) is 0 Å². The number of aliphatic hydroxyl groups excluding tert-OH is 1. The van der Waals surface area contributed by atoms with Crippen molar-refractivity contribution < 1.29 is 57.9 Å². The summed E-state index contributed by atoms with van der Waals surface area (Å²) in [6, 6.07) is 14.5. The Morgan fingerprint density at radius 3 is 1.43 bits per heavy atom. The van der Waals surface area contributed by atoms with E-state index < -0.39 is 77.9 Å². The van der Waals surface area contributed by atoms with Crippen LogP contribution < -0.4 is 10.6 Å². The highest BCUT2D eigenvalue weighted by Crippen LogP contribution is 2.13. The summed E-state index contributed by atoms with van der Waals surface area (Å²) in [6.45, 7) is 12.8. The number of carbonyl (C=O) groups excluding carboxylic acids is 5. The van der Waals surface area contributed by atoms with Crippen molar-refractivity contribution in [3.63, 3.8) is 0 Å². The van der Waals surface area contributed by atoms with Gasteiger partial charge >= 0.3 is 24.1 Å². The molecule has 2 rings (SSSR count). The number of hydrogen-bond acceptors (Lipinski definition) is 11. The Kier molecular flexibility index (Phi) is 19.2. The summed E-state index contributed by atoms with van der Waals surface area (Å²) >= 11 is 0. The van der Waals surface area contributed by atoms with E-state index in [0.29, 0.717) is 0 Å². The zero-order valence-corrected chi connectivity index (χ0v) is 32.8. The Hall–Kier alpha value is -5.22. The summed E-state index contributed by atoms with van der Waals surface area (Å²) in [5.41, 5.74) is 0.361. The lowest BCUT2D eigenvalue weighted by Gasteiger charge is -2.29. The van der Waals surface area contributed by atoms with Crippen LogP contribution in [-0.2, 0) is 51.3 Å². The molecule has 0 bridgehead atoms. The number of benzene rings is 2. The predicted molar refractivity (Wildman–Crippen MR) is 198 cm³/mol. The normalized spacial score (nSPS) is 13.3. The Morgan fingerprint density at radius 1 is 0.667 bits per heavy atom. The molecule has 300 valence electrons. The van der Waals surface area contributed by atoms with Crippen LogP contribution in [0.25, 0.3) is 0 Å². The van der Waals surface area contributed by atoms with E-state index in [4.69, 9.17) is 29.2 Å². The molecule has 0 aliphatic carbocycles. The van der Waals surface area contributed by atoms with Crippen molar-refractivity contribution in [2.75, 3.05) is 27.3 Å². The minimum atomic E-state index is -1.41. The molecule has 2 aromatic rings. The van der Waals surface area contributed by atoms with E-state index in [1.165, 1.54) is 25.9 Å². The molecule has 0 aromatic heterocycles. The number of rotatable bonds is 15. The van der Waals surface area contributed by atoms with Crippen molar-refractivity contribution >= 4 is 35.9 Å². The molecule has 54 heavy (non-hydrogen) atoms. The number of nitrogens with zero attached hydrogens (tertiary/aromatic N) is 2. The Bertz CT molecular complexity index is 1510. The molecule has 0 aliphatic rings. The van der Waals surface area contributed by atoms with Gasteiger partial charge in [-0.15, -0.1) is 0 Å². The van der Waals surface area contributed by atoms with Crippen LogP contribution in [0, 0.1) is 0 Å². The number of likely N-dealkylation sites (N-methyl/N-ethyl adjacent to an activating group) is 2. The van der Waals surface area contributed by atoms with Crippen LogP contribution in [0.5, 0.6) is 0 Å². The molecule has 2 aromatic carbocycles. The van der Waals surface area contributed by atoms with Gasteiger partial charge in [-0.2, -0.15) is 0 Å². The van der Waals surface area contributed by atoms with Gasteiger partial charge in [0.05, 0.1) is 19.8 Å². The van der Waals surface area contributed by atoms with Gasteiger partial charge in [0.1, 0.15) is 35.9 Å². The lowest BCUT2D eigenvalue weighted by molar-refractivity contribution is -0.151. The summed E-state index contributed by atoms with van der Waals surface area (Å²) in [6.07, 6.45) is -1.34. The quantitative estimate of drug-likeness (QED) is 0.152. The zero-order chi connectivity index (χ0) is 41.2. The summed E-state index contributed by atoms with van der Waals surface area (Å²) < 4.78 is 21.5. The van der Waals surface area contributed by atoms with Gasteiger partial charge in [-0.05, 0) is 66.5 Å². The maximum Gasteiger partial charge on any atom is 0.410 e. The van der Waals surface area contributed by atoms with E-state index in [-0.39, 0.29) is 19.8 Å². The van der Waals surface area contributed by atoms with Gasteiger partial charge in [-0.3, -0.25) is 19.4 Å². The summed E-state index contributed by atoms with van der Waals surface area (Å²) in [4.78, 5) is 74.4. The fraction of sp³-hybridized carbons (Fsp3) is 0.526. The Balaban J connectivity index is 0.000000623. The van der Waals surface area contributed by atoms with Crippen LogP contribution in [0.2, 0.25) is 0 Å². The molecule has 4 amide bonds. The topological polar surface area (TPSA) is 210 Å². The van der Waals surface area contributed by atoms with Crippen LogP contribution >= 0.6 is 0 Å². The van der Waals surface area contributed by atoms with Crippen molar-refractivity contribution in [2.45, 2.75) is 104 Å². The SMILES string of the molecule is C[C@@H](C(=O)N[C@@H](CO)C(=O)O)N(C)C(=O)OC(C)(C)C.C[C@@H](C(=O)N[C@@H](COCc1ccccc1)C(=O)OCc1ccccc1)N(C)C(=O)OC(C)(C)C. The van der Waals surface area contributed by atoms with E-state index in [9.17, 15) is 28.8 Å². The van der Waals surface area contributed by atoms with Gasteiger partial charge in [0.15, 0.2) is 6.04 Å². The van der Waals surface area contributed by atoms with Crippen molar-refractivity contribution in [1.29, 1.82) is 0 Å². The molecule has 0 heterocycles. The smallest absolute Gasteiger partial charge is 0.410 e. The highest BCUT2D eigenvalue weighted by Gasteiger charge is 2.31. The van der Waals surface area contributed by atoms with Crippen molar-refractivity contribution in [1.82, 2.24) is 20.4 Å². The number of ether oxygens (including phenoxy) is 4. The first-order valence-corrected chi connectivity index (χ1v) is 17.2. The number of amides is 4. The van der Waals surface area contributed by atoms with Gasteiger partial charge in [-0.25, -0.2) is 19.2 Å². The molecule has 0 aliphatic heterocycles. The van der Waals surface area contributed by atoms with Crippen molar-refractivity contribution in [3.05, 3.63) is 71.8 Å². The third kappa shape index (κ3) is 18.0. The highest BCUT2D eigenvalue weighted by molar-refractivity contribution is 5.90. The molecule has 4 atom stereocenters. The molecule has 16 nitrogen and oxygen atoms in total. The molecular formula is C38H56N4O12. The van der Waals surface area contributed by atoms with Crippen LogP contribution in [0.4, 0.5) is 9.59 Å². The number of carboxylic acids is 1. The molecule has 0 fully saturated rings. The average Bonchev–Trinajstić information content (AvgIpc) is 3.10. The first kappa shape index (κ1) is 46.8. The largest absolute Gasteiger partial charge is 0.480 e. The van der Waals surface area contributed by atoms with Gasteiger partial charge in [0.25, 0.3) is 0 Å². The van der Waals surface area contributed by atoms with Crippen LogP contribution in [0.3, 0.4) is 0 Å². The summed E-state index contributed by atoms with van der Waals surface area (Å²) in [7, 11) is 2.83. The first-order valence-electron chi connectivity index (χ1n) is 17.2. The molecule has 4 N–H and O–H groups in total. The number of carboxylic acid groups (broad SMARTS) is 1. The fourth-order valence-electron chi connectivity index (χ4n) is 3.97. The van der Waals surface area contributed by atoms with Crippen LogP contribution in [0.15, 0.2) is 60.7 Å². The second-order valence-electron chi connectivity index (χ2n) is 14.3. The first-order chi connectivity index (χ1) is 25.1. The second kappa shape index (κ2) is 22.1. The Labute approximate surface area is 317 Å². The monoisotopic (exact) mass is 760 g/mol. The number of hydrogen-bond donors (Lipinski definition) is 4. The molecule has 0 saturated heterocycles. The maximum atomic E-state index is 12.9. The maximum absolute atomic E-state index is 12.9. The minimum absolute atomic E-state index is 0.0676. The number of aliphatic carboxylic acids is 1. The lowest BCUT2D eigenvalue weighted by atomic mass is 10.2. The number of nitrogens with one attached hydrogen (secondary N) is 2. The molecule has 0 radical (unpaired) electrons. The van der Waals surface area contributed by atoms with Gasteiger partial charge in [-0.1, -0.05) is 60.7 Å². The molecule has 0 spiro atoms. The number of aliphatic hydroxyl groups is 1. The fourth-order valence-corrected chi connectivity index (χ4v) is 3.97. The van der Waals surface area contributed by atoms with E-state index in [2.05, 4.69) is 10.6 Å². The van der Waals surface area contributed by atoms with Gasteiger partial charge in [0.2, 0.25) is 11.8 Å². The predicted octanol–water partition coefficient (Wildman–Crippen LogP) is 3.49. The lowest BCUT2D eigenvalue weighted by Crippen LogP contribution is -2.53. The third-order valence-electron chi connectivity index (χ3n) is 7.30. The highest BCUT2D eigenvalue weighted by atomic mass is 16.6. The van der Waals surface area contributed by atoms with E-state index in [1.807, 2.05) is 60.7 Å². The molecular weight excluding hydrogens is 704 g/mol. The second-order valence-corrected chi connectivity index (χ2v) is 14.3. The summed E-state index contributed by atoms with van der Waals surface area (Å²) in [5, 5.41) is 22.3. The molecule has 0 saturated carbocycles. The minimum Gasteiger partial charge on any atom is -0.480 e. The number of carbonyl (C=O) groups is 6. The van der Waals surface area contributed by atoms with Crippen LogP contribution in [0.1, 0.15) is 66.5 Å². The Morgan fingerprint density at radius 2 is 1.06 bits per heavy atom. The van der Waals surface area contributed by atoms with E-state index >= 15 is 0 Å². The molecule has 16 heteroatoms. The van der Waals surface area contributed by atoms with Gasteiger partial charge in [0, 0.05) is 14.1 Å². The third-order valence-corrected chi connectivity index (χ3v) is 7.30. The van der Waals surface area contributed by atoms with E-state index in [0.717, 1.165) is 16.0 Å². The van der Waals surface area contributed by atoms with E-state index in [1.54, 1.807) is 48.5 Å². The zero-order valence-electron chi connectivity index (χ0n) is 32.8. The molecule has 0 unspecified atom stereocenters. The average molecular weight is 761 g/mol. The standard InChI is InChI=1S/C26H34N2O6.C12H22N2O6/c1-19(28(5)25(31)34-26(2,3)4)23(29)27-22(18-32-16-20-12-8-6-9-13-20)24(30)33-17-21-14-10-7-11-15-21;1-7(9(16)13-8(6-15)10(17)18)14(5)11(19)20-12(2,3)4/h6-15,19,22H,16-18H2,1-5H3,(H,27,29);7-8,15H,6H2,1-5H3,(H,13,16)(H,17,18)/t19-,22-;7-,8-/m00/s1. The van der Waals surface area contributed by atoms with Crippen molar-refractivity contribution in [3.8, 4) is 0 Å². The van der Waals surface area contributed by atoms with Gasteiger partial charge < -0.3 is 39.8 Å². The number of esters is 1.